The quantitative estimate of drug-likeness (QED) is 0.825. The molecule has 1 aliphatic rings. The average Bonchev–Trinajstić information content (AvgIpc) is 2.42. The molecular formula is C14H22FNO2. The van der Waals surface area contributed by atoms with Gasteiger partial charge in [0.15, 0.2) is 0 Å². The Hall–Kier alpha value is -1.58. The average molecular weight is 255 g/mol. The topological polar surface area (TPSA) is 38.3 Å². The van der Waals surface area contributed by atoms with Gasteiger partial charge in [0, 0.05) is 12.2 Å². The van der Waals surface area contributed by atoms with E-state index in [1.54, 1.807) is 13.8 Å². The van der Waals surface area contributed by atoms with Crippen molar-refractivity contribution in [2.45, 2.75) is 32.8 Å². The van der Waals surface area contributed by atoms with E-state index in [-0.39, 0.29) is 6.10 Å². The van der Waals surface area contributed by atoms with Crippen LogP contribution in [0.25, 0.3) is 0 Å². The van der Waals surface area contributed by atoms with Crippen LogP contribution in [0.1, 0.15) is 25.8 Å². The summed E-state index contributed by atoms with van der Waals surface area (Å²) < 4.78 is 13.9. The molecule has 102 valence electrons. The van der Waals surface area contributed by atoms with E-state index in [1.807, 2.05) is 0 Å². The predicted octanol–water partition coefficient (Wildman–Crippen LogP) is 3.20. The fourth-order valence-corrected chi connectivity index (χ4v) is 1.52. The van der Waals surface area contributed by atoms with Crippen molar-refractivity contribution >= 4 is 12.2 Å². The summed E-state index contributed by atoms with van der Waals surface area (Å²) in [4.78, 5) is 9.39. The standard InChI is InChI=1S/C9H11N.C4H8O2.CH3F/c1-2-6-9-8(4-1)5-3-7-10-9;1-4(2)6-3-5;1-2/h1-2,4,6,10H,3,5,7H2;3-4H,1-2H3;1H3. The van der Waals surface area contributed by atoms with Crippen LogP contribution in [0.15, 0.2) is 24.3 Å². The first-order valence-electron chi connectivity index (χ1n) is 6.02. The number of aryl methyl sites for hydroxylation is 1. The van der Waals surface area contributed by atoms with E-state index in [2.05, 4.69) is 34.3 Å². The lowest BCUT2D eigenvalue weighted by atomic mass is 10.0. The molecule has 0 aromatic heterocycles. The normalized spacial score (nSPS) is 11.8. The van der Waals surface area contributed by atoms with Gasteiger partial charge in [0.2, 0.25) is 0 Å². The summed E-state index contributed by atoms with van der Waals surface area (Å²) in [6.45, 7) is 5.18. The predicted molar refractivity (Wildman–Crippen MR) is 72.6 cm³/mol. The molecule has 4 heteroatoms. The first-order valence-corrected chi connectivity index (χ1v) is 6.02. The molecule has 0 saturated carbocycles. The summed E-state index contributed by atoms with van der Waals surface area (Å²) in [6.07, 6.45) is 2.54. The molecule has 0 radical (unpaired) electrons. The second-order valence-corrected chi connectivity index (χ2v) is 3.97. The summed E-state index contributed by atoms with van der Waals surface area (Å²) in [5.74, 6) is 0. The molecule has 1 aromatic carbocycles. The molecule has 1 heterocycles. The monoisotopic (exact) mass is 255 g/mol. The second-order valence-electron chi connectivity index (χ2n) is 3.97. The van der Waals surface area contributed by atoms with E-state index < -0.39 is 0 Å². The zero-order valence-corrected chi connectivity index (χ0v) is 11.3. The highest BCUT2D eigenvalue weighted by Crippen LogP contribution is 2.20. The van der Waals surface area contributed by atoms with Gasteiger partial charge in [-0.15, -0.1) is 0 Å². The van der Waals surface area contributed by atoms with Gasteiger partial charge in [-0.05, 0) is 38.3 Å². The number of ether oxygens (including phenoxy) is 1. The van der Waals surface area contributed by atoms with Crippen LogP contribution in [-0.4, -0.2) is 26.3 Å². The highest BCUT2D eigenvalue weighted by molar-refractivity contribution is 5.52. The number of fused-ring (bicyclic) bond motifs is 1. The Morgan fingerprint density at radius 1 is 1.33 bits per heavy atom. The molecule has 3 nitrogen and oxygen atoms in total. The van der Waals surface area contributed by atoms with Crippen molar-refractivity contribution in [3.63, 3.8) is 0 Å². The number of para-hydroxylation sites is 1. The van der Waals surface area contributed by atoms with Crippen molar-refractivity contribution in [2.75, 3.05) is 19.0 Å². The molecule has 0 bridgehead atoms. The number of hydrogen-bond acceptors (Lipinski definition) is 3. The number of rotatable bonds is 2. The number of carbonyl (C=O) groups is 1. The van der Waals surface area contributed by atoms with Gasteiger partial charge in [-0.2, -0.15) is 0 Å². The molecule has 0 fully saturated rings. The third kappa shape index (κ3) is 6.89. The third-order valence-electron chi connectivity index (χ3n) is 2.28. The molecule has 1 aromatic rings. The van der Waals surface area contributed by atoms with Gasteiger partial charge in [0.05, 0.1) is 13.3 Å². The van der Waals surface area contributed by atoms with Crippen LogP contribution in [-0.2, 0) is 16.0 Å². The third-order valence-corrected chi connectivity index (χ3v) is 2.28. The van der Waals surface area contributed by atoms with Crippen LogP contribution in [0.2, 0.25) is 0 Å². The first-order chi connectivity index (χ1) is 8.74. The zero-order valence-electron chi connectivity index (χ0n) is 11.3. The Morgan fingerprint density at radius 3 is 2.50 bits per heavy atom. The lowest BCUT2D eigenvalue weighted by molar-refractivity contribution is -0.131. The smallest absolute Gasteiger partial charge is 0.293 e. The van der Waals surface area contributed by atoms with Gasteiger partial charge in [-0.3, -0.25) is 9.18 Å². The zero-order chi connectivity index (χ0) is 13.8. The van der Waals surface area contributed by atoms with Gasteiger partial charge in [0.25, 0.3) is 6.47 Å². The minimum atomic E-state index is 0.0301. The highest BCUT2D eigenvalue weighted by atomic mass is 19.1. The Balaban J connectivity index is 0.000000315. The van der Waals surface area contributed by atoms with Gasteiger partial charge in [-0.25, -0.2) is 0 Å². The van der Waals surface area contributed by atoms with Crippen LogP contribution < -0.4 is 5.32 Å². The van der Waals surface area contributed by atoms with Crippen LogP contribution in [0, 0.1) is 0 Å². The van der Waals surface area contributed by atoms with Crippen molar-refractivity contribution in [2.24, 2.45) is 0 Å². The maximum atomic E-state index is 9.50. The van der Waals surface area contributed by atoms with Crippen molar-refractivity contribution in [3.05, 3.63) is 29.8 Å². The van der Waals surface area contributed by atoms with Crippen molar-refractivity contribution in [1.82, 2.24) is 0 Å². The molecule has 0 aliphatic carbocycles. The Morgan fingerprint density at radius 2 is 2.00 bits per heavy atom. The second kappa shape index (κ2) is 10.6. The molecule has 0 saturated heterocycles. The summed E-state index contributed by atoms with van der Waals surface area (Å²) in [5.41, 5.74) is 2.79. The number of alkyl halides is 1. The Kier molecular flexibility index (Phi) is 9.64. The molecule has 0 unspecified atom stereocenters. The number of hydrogen-bond donors (Lipinski definition) is 1. The molecule has 0 atom stereocenters. The first kappa shape index (κ1) is 16.4. The summed E-state index contributed by atoms with van der Waals surface area (Å²) in [7, 11) is 0.500. The summed E-state index contributed by atoms with van der Waals surface area (Å²) >= 11 is 0. The van der Waals surface area contributed by atoms with Gasteiger partial charge >= 0.3 is 0 Å². The van der Waals surface area contributed by atoms with Crippen LogP contribution in [0.3, 0.4) is 0 Å². The maximum Gasteiger partial charge on any atom is 0.293 e. The van der Waals surface area contributed by atoms with Gasteiger partial charge in [-0.1, -0.05) is 18.2 Å². The highest BCUT2D eigenvalue weighted by Gasteiger charge is 2.04. The number of nitrogens with one attached hydrogen (secondary N) is 1. The fraction of sp³-hybridized carbons (Fsp3) is 0.500. The molecule has 18 heavy (non-hydrogen) atoms. The minimum absolute atomic E-state index is 0.0301. The lowest BCUT2D eigenvalue weighted by Crippen LogP contribution is -2.10. The molecule has 1 aliphatic heterocycles. The van der Waals surface area contributed by atoms with Crippen molar-refractivity contribution < 1.29 is 13.9 Å². The summed E-state index contributed by atoms with van der Waals surface area (Å²) in [5, 5.41) is 3.36. The van der Waals surface area contributed by atoms with E-state index >= 15 is 0 Å². The minimum Gasteiger partial charge on any atom is -0.465 e. The fourth-order valence-electron chi connectivity index (χ4n) is 1.52. The van der Waals surface area contributed by atoms with E-state index in [1.165, 1.54) is 24.1 Å². The molecular weight excluding hydrogens is 233 g/mol. The van der Waals surface area contributed by atoms with Crippen LogP contribution in [0.4, 0.5) is 10.1 Å². The number of anilines is 1. The van der Waals surface area contributed by atoms with Gasteiger partial charge < -0.3 is 10.1 Å². The van der Waals surface area contributed by atoms with Crippen molar-refractivity contribution in [3.8, 4) is 0 Å². The Bertz CT molecular complexity index is 304. The number of halogens is 1. The van der Waals surface area contributed by atoms with E-state index in [0.717, 1.165) is 6.54 Å². The Labute approximate surface area is 108 Å². The van der Waals surface area contributed by atoms with Gasteiger partial charge in [0.1, 0.15) is 0 Å². The number of carbonyl (C=O) groups excluding carboxylic acids is 1. The molecule has 0 amide bonds. The molecule has 1 N–H and O–H groups in total. The van der Waals surface area contributed by atoms with E-state index in [4.69, 9.17) is 0 Å². The molecule has 0 spiro atoms. The molecule has 2 rings (SSSR count). The maximum absolute atomic E-state index is 9.50. The SMILES string of the molecule is CC(C)OC=O.CF.c1ccc2c(c1)CCCN2. The van der Waals surface area contributed by atoms with Crippen LogP contribution in [0.5, 0.6) is 0 Å². The van der Waals surface area contributed by atoms with Crippen molar-refractivity contribution in [1.29, 1.82) is 0 Å². The van der Waals surface area contributed by atoms with Crippen LogP contribution >= 0.6 is 0 Å². The largest absolute Gasteiger partial charge is 0.465 e. The summed E-state index contributed by atoms with van der Waals surface area (Å²) in [6, 6.07) is 8.53. The van der Waals surface area contributed by atoms with E-state index in [9.17, 15) is 9.18 Å². The number of benzene rings is 1. The van der Waals surface area contributed by atoms with E-state index in [0.29, 0.717) is 13.6 Å². The lowest BCUT2D eigenvalue weighted by Gasteiger charge is -2.16.